The van der Waals surface area contributed by atoms with Crippen LogP contribution in [0.4, 0.5) is 4.39 Å². The van der Waals surface area contributed by atoms with Gasteiger partial charge in [0.2, 0.25) is 4.46 Å². The van der Waals surface area contributed by atoms with Crippen LogP contribution >= 0.6 is 23.2 Å². The third kappa shape index (κ3) is 5.44. The number of amides is 2. The molecule has 0 saturated heterocycles. The molecule has 28 heavy (non-hydrogen) atoms. The summed E-state index contributed by atoms with van der Waals surface area (Å²) < 4.78 is 12.6. The van der Waals surface area contributed by atoms with E-state index in [0.29, 0.717) is 11.1 Å². The summed E-state index contributed by atoms with van der Waals surface area (Å²) in [5.74, 6) is -1.57. The second kappa shape index (κ2) is 9.37. The fourth-order valence-corrected chi connectivity index (χ4v) is 3.48. The van der Waals surface area contributed by atoms with E-state index in [4.69, 9.17) is 23.2 Å². The van der Waals surface area contributed by atoms with Crippen molar-refractivity contribution in [3.8, 4) is 0 Å². The van der Waals surface area contributed by atoms with Gasteiger partial charge < -0.3 is 15.5 Å². The molecule has 1 atom stereocenters. The third-order valence-electron chi connectivity index (χ3n) is 4.29. The molecule has 0 aliphatic carbocycles. The SMILES string of the molecule is CNC(=O)c1ccc(C[C@H](N(C)C)C(Cl)(Cl)NC(=O)c2ccccc2)cc1F. The lowest BCUT2D eigenvalue weighted by atomic mass is 10.0. The van der Waals surface area contributed by atoms with Crippen LogP contribution in [0.25, 0.3) is 0 Å². The molecule has 0 aromatic heterocycles. The predicted octanol–water partition coefficient (Wildman–Crippen LogP) is 3.22. The molecule has 0 spiro atoms. The first-order valence-electron chi connectivity index (χ1n) is 8.58. The maximum Gasteiger partial charge on any atom is 0.253 e. The zero-order chi connectivity index (χ0) is 20.9. The Morgan fingerprint density at radius 1 is 1.11 bits per heavy atom. The molecule has 8 heteroatoms. The van der Waals surface area contributed by atoms with Crippen LogP contribution in [-0.2, 0) is 6.42 Å². The van der Waals surface area contributed by atoms with Gasteiger partial charge in [0, 0.05) is 12.6 Å². The quantitative estimate of drug-likeness (QED) is 0.528. The van der Waals surface area contributed by atoms with E-state index in [2.05, 4.69) is 10.6 Å². The number of likely N-dealkylation sites (N-methyl/N-ethyl adjacent to an activating group) is 1. The van der Waals surface area contributed by atoms with E-state index in [1.165, 1.54) is 19.2 Å². The zero-order valence-corrected chi connectivity index (χ0v) is 17.3. The lowest BCUT2D eigenvalue weighted by Gasteiger charge is -2.35. The Hall–Kier alpha value is -2.15. The molecular weight excluding hydrogens is 404 g/mol. The van der Waals surface area contributed by atoms with Gasteiger partial charge in [-0.05, 0) is 50.3 Å². The summed E-state index contributed by atoms with van der Waals surface area (Å²) in [6.07, 6.45) is 0.250. The molecule has 0 aliphatic rings. The second-order valence-corrected chi connectivity index (χ2v) is 7.91. The summed E-state index contributed by atoms with van der Waals surface area (Å²) in [6, 6.07) is 12.3. The van der Waals surface area contributed by atoms with Gasteiger partial charge in [-0.15, -0.1) is 0 Å². The minimum atomic E-state index is -1.63. The van der Waals surface area contributed by atoms with Gasteiger partial charge in [0.15, 0.2) is 0 Å². The van der Waals surface area contributed by atoms with Crippen molar-refractivity contribution in [3.63, 3.8) is 0 Å². The van der Waals surface area contributed by atoms with Gasteiger partial charge in [-0.25, -0.2) is 4.39 Å². The number of alkyl halides is 2. The smallest absolute Gasteiger partial charge is 0.253 e. The number of carbonyl (C=O) groups excluding carboxylic acids is 2. The standard InChI is InChI=1S/C20H22Cl2FN3O2/c1-24-19(28)15-10-9-13(11-16(15)23)12-17(26(2)3)20(21,22)25-18(27)14-7-5-4-6-8-14/h4-11,17H,12H2,1-3H3,(H,24,28)(H,25,27)/t17-/m0/s1. The number of rotatable bonds is 7. The summed E-state index contributed by atoms with van der Waals surface area (Å²) in [4.78, 5) is 25.8. The molecule has 0 saturated carbocycles. The van der Waals surface area contributed by atoms with Crippen molar-refractivity contribution in [2.24, 2.45) is 0 Å². The summed E-state index contributed by atoms with van der Waals surface area (Å²) in [5, 5.41) is 5.01. The molecule has 0 fully saturated rings. The molecule has 2 rings (SSSR count). The monoisotopic (exact) mass is 425 g/mol. The number of nitrogens with zero attached hydrogens (tertiary/aromatic N) is 1. The Morgan fingerprint density at radius 2 is 1.75 bits per heavy atom. The second-order valence-electron chi connectivity index (χ2n) is 6.52. The zero-order valence-electron chi connectivity index (χ0n) is 15.8. The van der Waals surface area contributed by atoms with Gasteiger partial charge in [-0.3, -0.25) is 9.59 Å². The highest BCUT2D eigenvalue weighted by Crippen LogP contribution is 2.29. The van der Waals surface area contributed by atoms with E-state index < -0.39 is 28.1 Å². The number of halogens is 3. The highest BCUT2D eigenvalue weighted by Gasteiger charge is 2.38. The van der Waals surface area contributed by atoms with Crippen molar-refractivity contribution in [1.29, 1.82) is 0 Å². The van der Waals surface area contributed by atoms with Crippen LogP contribution in [0.1, 0.15) is 26.3 Å². The first-order chi connectivity index (χ1) is 13.2. The Labute approximate surface area is 173 Å². The minimum Gasteiger partial charge on any atom is -0.355 e. The van der Waals surface area contributed by atoms with E-state index in [0.717, 1.165) is 0 Å². The maximum atomic E-state index is 14.3. The van der Waals surface area contributed by atoms with Gasteiger partial charge in [0.05, 0.1) is 11.6 Å². The number of hydrogen-bond acceptors (Lipinski definition) is 3. The summed E-state index contributed by atoms with van der Waals surface area (Å²) in [6.45, 7) is 0. The molecule has 150 valence electrons. The maximum absolute atomic E-state index is 14.3. The molecule has 0 radical (unpaired) electrons. The topological polar surface area (TPSA) is 61.4 Å². The van der Waals surface area contributed by atoms with E-state index >= 15 is 0 Å². The fraction of sp³-hybridized carbons (Fsp3) is 0.300. The van der Waals surface area contributed by atoms with Crippen molar-refractivity contribution < 1.29 is 14.0 Å². The first kappa shape index (κ1) is 22.1. The van der Waals surface area contributed by atoms with Crippen molar-refractivity contribution in [3.05, 3.63) is 71.0 Å². The predicted molar refractivity (Wildman–Crippen MR) is 109 cm³/mol. The van der Waals surface area contributed by atoms with Gasteiger partial charge >= 0.3 is 0 Å². The van der Waals surface area contributed by atoms with Crippen LogP contribution in [0.2, 0.25) is 0 Å². The normalized spacial score (nSPS) is 12.5. The molecule has 2 aromatic rings. The molecule has 2 amide bonds. The van der Waals surface area contributed by atoms with Crippen molar-refractivity contribution in [2.75, 3.05) is 21.1 Å². The molecular formula is C20H22Cl2FN3O2. The minimum absolute atomic E-state index is 0.0481. The Balaban J connectivity index is 2.21. The molecule has 2 N–H and O–H groups in total. The van der Waals surface area contributed by atoms with Crippen LogP contribution < -0.4 is 10.6 Å². The molecule has 0 heterocycles. The van der Waals surface area contributed by atoms with Crippen LogP contribution in [-0.4, -0.2) is 48.4 Å². The van der Waals surface area contributed by atoms with Gasteiger partial charge in [0.25, 0.3) is 11.8 Å². The van der Waals surface area contributed by atoms with Crippen LogP contribution in [0.5, 0.6) is 0 Å². The molecule has 0 unspecified atom stereocenters. The van der Waals surface area contributed by atoms with Crippen molar-refractivity contribution in [1.82, 2.24) is 15.5 Å². The molecule has 0 bridgehead atoms. The van der Waals surface area contributed by atoms with E-state index in [9.17, 15) is 14.0 Å². The summed E-state index contributed by atoms with van der Waals surface area (Å²) >= 11 is 12.9. The molecule has 0 aliphatic heterocycles. The van der Waals surface area contributed by atoms with Crippen molar-refractivity contribution in [2.45, 2.75) is 16.9 Å². The van der Waals surface area contributed by atoms with Crippen molar-refractivity contribution >= 4 is 35.0 Å². The lowest BCUT2D eigenvalue weighted by Crippen LogP contribution is -2.54. The molecule has 5 nitrogen and oxygen atoms in total. The number of benzene rings is 2. The average Bonchev–Trinajstić information content (AvgIpc) is 2.65. The Bertz CT molecular complexity index is 845. The molecule has 2 aromatic carbocycles. The number of nitrogens with one attached hydrogen (secondary N) is 2. The van der Waals surface area contributed by atoms with Crippen LogP contribution in [0, 0.1) is 5.82 Å². The van der Waals surface area contributed by atoms with Gasteiger partial charge in [-0.2, -0.15) is 0 Å². The van der Waals surface area contributed by atoms with E-state index in [1.807, 2.05) is 0 Å². The van der Waals surface area contributed by atoms with E-state index in [-0.39, 0.29) is 12.0 Å². The van der Waals surface area contributed by atoms with Gasteiger partial charge in [0.1, 0.15) is 5.82 Å². The first-order valence-corrected chi connectivity index (χ1v) is 9.33. The average molecular weight is 426 g/mol. The highest BCUT2D eigenvalue weighted by molar-refractivity contribution is 6.49. The van der Waals surface area contributed by atoms with Gasteiger partial charge in [-0.1, -0.05) is 47.5 Å². The Kier molecular flexibility index (Phi) is 7.41. The lowest BCUT2D eigenvalue weighted by molar-refractivity contribution is 0.0918. The Morgan fingerprint density at radius 3 is 2.29 bits per heavy atom. The third-order valence-corrected chi connectivity index (χ3v) is 4.99. The summed E-state index contributed by atoms with van der Waals surface area (Å²) in [5.41, 5.74) is 0.961. The number of hydrogen-bond donors (Lipinski definition) is 2. The number of carbonyl (C=O) groups is 2. The largest absolute Gasteiger partial charge is 0.355 e. The fourth-order valence-electron chi connectivity index (χ4n) is 2.76. The van der Waals surface area contributed by atoms with Crippen LogP contribution in [0.3, 0.4) is 0 Å². The van der Waals surface area contributed by atoms with E-state index in [1.54, 1.807) is 55.4 Å². The highest BCUT2D eigenvalue weighted by atomic mass is 35.5. The van der Waals surface area contributed by atoms with Crippen LogP contribution in [0.15, 0.2) is 48.5 Å². The summed E-state index contributed by atoms with van der Waals surface area (Å²) in [7, 11) is 4.95.